The third-order valence-electron chi connectivity index (χ3n) is 4.91. The summed E-state index contributed by atoms with van der Waals surface area (Å²) < 4.78 is 38.9. The van der Waals surface area contributed by atoms with Crippen molar-refractivity contribution in [1.82, 2.24) is 5.43 Å². The van der Waals surface area contributed by atoms with Crippen LogP contribution in [0, 0.1) is 6.92 Å². The summed E-state index contributed by atoms with van der Waals surface area (Å²) in [6.45, 7) is 6.18. The fraction of sp³-hybridized carbons (Fsp3) is 0.231. The van der Waals surface area contributed by atoms with Gasteiger partial charge in [0.2, 0.25) is 0 Å². The maximum absolute atomic E-state index is 13.3. The predicted molar refractivity (Wildman–Crippen MR) is 137 cm³/mol. The topological polar surface area (TPSA) is 97.3 Å². The van der Waals surface area contributed by atoms with Gasteiger partial charge in [-0.05, 0) is 68.8 Å². The summed E-state index contributed by atoms with van der Waals surface area (Å²) in [5, 5.41) is 3.99. The number of carbonyl (C=O) groups excluding carboxylic acids is 1. The number of para-hydroxylation sites is 1. The van der Waals surface area contributed by atoms with Gasteiger partial charge in [0.15, 0.2) is 11.5 Å². The molecule has 35 heavy (non-hydrogen) atoms. The molecule has 0 aromatic heterocycles. The average Bonchev–Trinajstić information content (AvgIpc) is 2.85. The third kappa shape index (κ3) is 6.83. The molecule has 3 aromatic rings. The van der Waals surface area contributed by atoms with Crippen molar-refractivity contribution < 1.29 is 22.7 Å². The second-order valence-corrected chi connectivity index (χ2v) is 9.39. The van der Waals surface area contributed by atoms with Crippen LogP contribution in [0.2, 0.25) is 0 Å². The number of rotatable bonds is 11. The largest absolute Gasteiger partial charge is 0.490 e. The zero-order valence-electron chi connectivity index (χ0n) is 20.0. The maximum atomic E-state index is 13.3. The van der Waals surface area contributed by atoms with Crippen molar-refractivity contribution in [2.24, 2.45) is 5.10 Å². The van der Waals surface area contributed by atoms with Crippen molar-refractivity contribution in [2.75, 3.05) is 24.1 Å². The summed E-state index contributed by atoms with van der Waals surface area (Å²) in [5.74, 6) is 0.608. The Kier molecular flexibility index (Phi) is 8.86. The Labute approximate surface area is 206 Å². The Hall–Kier alpha value is -3.85. The van der Waals surface area contributed by atoms with Gasteiger partial charge in [-0.15, -0.1) is 0 Å². The maximum Gasteiger partial charge on any atom is 0.264 e. The van der Waals surface area contributed by atoms with Gasteiger partial charge in [-0.2, -0.15) is 5.10 Å². The first kappa shape index (κ1) is 25.8. The molecular weight excluding hydrogens is 466 g/mol. The Balaban J connectivity index is 1.77. The van der Waals surface area contributed by atoms with Crippen molar-refractivity contribution in [3.8, 4) is 11.5 Å². The first-order valence-corrected chi connectivity index (χ1v) is 12.6. The van der Waals surface area contributed by atoms with Gasteiger partial charge >= 0.3 is 0 Å². The Morgan fingerprint density at radius 3 is 2.26 bits per heavy atom. The second-order valence-electron chi connectivity index (χ2n) is 7.53. The summed E-state index contributed by atoms with van der Waals surface area (Å²) in [4.78, 5) is 12.8. The van der Waals surface area contributed by atoms with Gasteiger partial charge < -0.3 is 9.47 Å². The SMILES string of the molecule is CCOc1ccc(/C=N\NC(=O)CN(c2ccccc2)S(=O)(=O)c2ccc(C)cc2)cc1OCC. The van der Waals surface area contributed by atoms with Crippen LogP contribution < -0.4 is 19.2 Å². The highest BCUT2D eigenvalue weighted by Crippen LogP contribution is 2.28. The summed E-state index contributed by atoms with van der Waals surface area (Å²) in [7, 11) is -3.98. The monoisotopic (exact) mass is 495 g/mol. The molecule has 0 saturated heterocycles. The molecule has 0 unspecified atom stereocenters. The minimum atomic E-state index is -3.98. The number of ether oxygens (including phenoxy) is 2. The van der Waals surface area contributed by atoms with Crippen LogP contribution in [0.25, 0.3) is 0 Å². The number of carbonyl (C=O) groups is 1. The lowest BCUT2D eigenvalue weighted by molar-refractivity contribution is -0.119. The third-order valence-corrected chi connectivity index (χ3v) is 6.70. The van der Waals surface area contributed by atoms with Gasteiger partial charge in [0.25, 0.3) is 15.9 Å². The number of aryl methyl sites for hydroxylation is 1. The van der Waals surface area contributed by atoms with Crippen LogP contribution in [0.1, 0.15) is 25.0 Å². The molecule has 0 radical (unpaired) electrons. The molecule has 1 amide bonds. The van der Waals surface area contributed by atoms with E-state index in [0.717, 1.165) is 9.87 Å². The van der Waals surface area contributed by atoms with Crippen molar-refractivity contribution in [1.29, 1.82) is 0 Å². The molecule has 0 heterocycles. The number of sulfonamides is 1. The highest BCUT2D eigenvalue weighted by Gasteiger charge is 2.27. The number of nitrogens with one attached hydrogen (secondary N) is 1. The first-order chi connectivity index (χ1) is 16.8. The molecule has 3 rings (SSSR count). The molecule has 0 bridgehead atoms. The van der Waals surface area contributed by atoms with Gasteiger partial charge in [0.05, 0.1) is 30.0 Å². The Bertz CT molecular complexity index is 1260. The number of hydrogen-bond donors (Lipinski definition) is 1. The lowest BCUT2D eigenvalue weighted by atomic mass is 10.2. The molecule has 8 nitrogen and oxygen atoms in total. The van der Waals surface area contributed by atoms with E-state index in [1.54, 1.807) is 60.7 Å². The molecule has 9 heteroatoms. The lowest BCUT2D eigenvalue weighted by Gasteiger charge is -2.23. The fourth-order valence-corrected chi connectivity index (χ4v) is 4.66. The highest BCUT2D eigenvalue weighted by atomic mass is 32.2. The van der Waals surface area contributed by atoms with Crippen molar-refractivity contribution in [3.63, 3.8) is 0 Å². The van der Waals surface area contributed by atoms with Gasteiger partial charge in [-0.25, -0.2) is 13.8 Å². The van der Waals surface area contributed by atoms with E-state index in [2.05, 4.69) is 10.5 Å². The fourth-order valence-electron chi connectivity index (χ4n) is 3.24. The van der Waals surface area contributed by atoms with Crippen molar-refractivity contribution in [2.45, 2.75) is 25.7 Å². The van der Waals surface area contributed by atoms with Gasteiger partial charge in [-0.3, -0.25) is 9.10 Å². The van der Waals surface area contributed by atoms with Gasteiger partial charge in [-0.1, -0.05) is 35.9 Å². The average molecular weight is 496 g/mol. The van der Waals surface area contributed by atoms with Crippen molar-refractivity contribution >= 4 is 27.8 Å². The van der Waals surface area contributed by atoms with Crippen LogP contribution in [-0.2, 0) is 14.8 Å². The van der Waals surface area contributed by atoms with Crippen LogP contribution in [-0.4, -0.2) is 40.3 Å². The standard InChI is InChI=1S/C26H29N3O5S/c1-4-33-24-16-13-21(17-25(24)34-5-2)18-27-28-26(30)19-29(22-9-7-6-8-10-22)35(31,32)23-14-11-20(3)12-15-23/h6-18H,4-5,19H2,1-3H3,(H,28,30)/b27-18-. The number of anilines is 1. The van der Waals surface area contributed by atoms with E-state index in [1.165, 1.54) is 18.3 Å². The first-order valence-electron chi connectivity index (χ1n) is 11.2. The minimum Gasteiger partial charge on any atom is -0.490 e. The van der Waals surface area contributed by atoms with Crippen LogP contribution >= 0.6 is 0 Å². The smallest absolute Gasteiger partial charge is 0.264 e. The molecule has 0 aliphatic heterocycles. The Morgan fingerprint density at radius 1 is 0.943 bits per heavy atom. The molecule has 0 aliphatic carbocycles. The summed E-state index contributed by atoms with van der Waals surface area (Å²) >= 11 is 0. The van der Waals surface area contributed by atoms with E-state index in [-0.39, 0.29) is 4.90 Å². The number of benzene rings is 3. The van der Waals surface area contributed by atoms with E-state index in [9.17, 15) is 13.2 Å². The van der Waals surface area contributed by atoms with E-state index in [4.69, 9.17) is 9.47 Å². The molecule has 0 saturated carbocycles. The second kappa shape index (κ2) is 12.0. The summed E-state index contributed by atoms with van der Waals surface area (Å²) in [6.07, 6.45) is 1.46. The zero-order valence-corrected chi connectivity index (χ0v) is 20.8. The van der Waals surface area contributed by atoms with Crippen LogP contribution in [0.3, 0.4) is 0 Å². The molecule has 3 aromatic carbocycles. The lowest BCUT2D eigenvalue weighted by Crippen LogP contribution is -2.39. The van der Waals surface area contributed by atoms with E-state index in [1.807, 2.05) is 20.8 Å². The van der Waals surface area contributed by atoms with Crippen LogP contribution in [0.4, 0.5) is 5.69 Å². The minimum absolute atomic E-state index is 0.0982. The Morgan fingerprint density at radius 2 is 1.60 bits per heavy atom. The van der Waals surface area contributed by atoms with Gasteiger partial charge in [0, 0.05) is 0 Å². The van der Waals surface area contributed by atoms with Crippen LogP contribution in [0.5, 0.6) is 11.5 Å². The predicted octanol–water partition coefficient (Wildman–Crippen LogP) is 4.14. The molecule has 1 N–H and O–H groups in total. The molecule has 0 aliphatic rings. The highest BCUT2D eigenvalue weighted by molar-refractivity contribution is 7.92. The van der Waals surface area contributed by atoms with Crippen molar-refractivity contribution in [3.05, 3.63) is 83.9 Å². The van der Waals surface area contributed by atoms with E-state index >= 15 is 0 Å². The quantitative estimate of drug-likeness (QED) is 0.319. The molecule has 0 atom stereocenters. The number of hydrazone groups is 1. The zero-order chi connectivity index (χ0) is 25.3. The molecule has 0 spiro atoms. The number of amides is 1. The molecular formula is C26H29N3O5S. The summed E-state index contributed by atoms with van der Waals surface area (Å²) in [6, 6.07) is 20.3. The normalized spacial score (nSPS) is 11.3. The van der Waals surface area contributed by atoms with Gasteiger partial charge in [0.1, 0.15) is 6.54 Å². The molecule has 0 fully saturated rings. The van der Waals surface area contributed by atoms with E-state index < -0.39 is 22.5 Å². The van der Waals surface area contributed by atoms with E-state index in [0.29, 0.717) is 36.0 Å². The van der Waals surface area contributed by atoms with Crippen LogP contribution in [0.15, 0.2) is 82.8 Å². The summed E-state index contributed by atoms with van der Waals surface area (Å²) in [5.41, 5.74) is 4.40. The number of nitrogens with zero attached hydrogens (tertiary/aromatic N) is 2. The molecule has 184 valence electrons. The number of hydrogen-bond acceptors (Lipinski definition) is 6.